The zero-order valence-electron chi connectivity index (χ0n) is 17.3. The zero-order valence-corrected chi connectivity index (χ0v) is 18.1. The Labute approximate surface area is 185 Å². The minimum atomic E-state index is -3.87. The average Bonchev–Trinajstić information content (AvgIpc) is 3.05. The van der Waals surface area contributed by atoms with Crippen molar-refractivity contribution in [3.05, 3.63) is 65.2 Å². The molecule has 0 bridgehead atoms. The number of aliphatic hydroxyl groups excluding tert-OH is 1. The molecule has 0 saturated heterocycles. The summed E-state index contributed by atoms with van der Waals surface area (Å²) in [7, 11) is -3.87. The van der Waals surface area contributed by atoms with Gasteiger partial charge in [-0.15, -0.1) is 0 Å². The van der Waals surface area contributed by atoms with Crippen LogP contribution in [0.1, 0.15) is 29.2 Å². The van der Waals surface area contributed by atoms with E-state index in [-0.39, 0.29) is 12.3 Å². The van der Waals surface area contributed by atoms with Crippen LogP contribution in [0, 0.1) is 0 Å². The first-order chi connectivity index (χ1) is 15.1. The zero-order chi connectivity index (χ0) is 23.5. The Kier molecular flexibility index (Phi) is 7.14. The highest BCUT2D eigenvalue weighted by Crippen LogP contribution is 2.37. The summed E-state index contributed by atoms with van der Waals surface area (Å²) < 4.78 is 25.3. The maximum absolute atomic E-state index is 13.3. The Bertz CT molecular complexity index is 1110. The fourth-order valence-corrected chi connectivity index (χ4v) is 4.64. The molecular formula is C21H25N3O7S. The van der Waals surface area contributed by atoms with Crippen LogP contribution in [-0.4, -0.2) is 59.0 Å². The van der Waals surface area contributed by atoms with E-state index in [1.54, 1.807) is 24.3 Å². The lowest BCUT2D eigenvalue weighted by Crippen LogP contribution is -2.49. The van der Waals surface area contributed by atoms with E-state index in [4.69, 9.17) is 5.21 Å². The van der Waals surface area contributed by atoms with E-state index >= 15 is 0 Å². The summed E-state index contributed by atoms with van der Waals surface area (Å²) in [4.78, 5) is 26.7. The van der Waals surface area contributed by atoms with Crippen LogP contribution in [0.3, 0.4) is 0 Å². The molecule has 2 amide bonds. The third-order valence-corrected chi connectivity index (χ3v) is 5.96. The van der Waals surface area contributed by atoms with Crippen molar-refractivity contribution in [2.45, 2.75) is 37.6 Å². The van der Waals surface area contributed by atoms with Crippen molar-refractivity contribution in [2.24, 2.45) is 0 Å². The van der Waals surface area contributed by atoms with Crippen LogP contribution < -0.4 is 10.2 Å². The van der Waals surface area contributed by atoms with Crippen LogP contribution in [-0.2, 0) is 32.6 Å². The number of fused-ring (bicyclic) bond motifs is 1. The third kappa shape index (κ3) is 5.62. The molecule has 0 heterocycles. The number of nitrogens with zero attached hydrogens (tertiary/aromatic N) is 1. The normalized spacial score (nSPS) is 18.6. The maximum atomic E-state index is 13.3. The number of phenolic OH excluding ortho intramolecular Hbond substituents is 1. The van der Waals surface area contributed by atoms with Crippen molar-refractivity contribution in [3.8, 4) is 5.75 Å². The molecular weight excluding hydrogens is 438 g/mol. The second kappa shape index (κ2) is 9.65. The monoisotopic (exact) mass is 463 g/mol. The SMILES string of the molecule is CS(=O)(=O)N[C@@H](CC(=O)N(Cc1cccc(O)c1)[C@H]1c2ccccc2C[C@H]1O)C(=O)NO. The molecule has 11 heteroatoms. The van der Waals surface area contributed by atoms with Crippen LogP contribution in [0.25, 0.3) is 0 Å². The second-order valence-electron chi connectivity index (χ2n) is 7.73. The predicted octanol–water partition coefficient (Wildman–Crippen LogP) is 0.192. The summed E-state index contributed by atoms with van der Waals surface area (Å²) in [6.07, 6.45) is -0.353. The van der Waals surface area contributed by atoms with Gasteiger partial charge >= 0.3 is 0 Å². The van der Waals surface area contributed by atoms with Gasteiger partial charge in [0.15, 0.2) is 0 Å². The predicted molar refractivity (Wildman–Crippen MR) is 114 cm³/mol. The van der Waals surface area contributed by atoms with Gasteiger partial charge in [0.1, 0.15) is 11.8 Å². The number of rotatable bonds is 8. The Morgan fingerprint density at radius 3 is 2.56 bits per heavy atom. The first-order valence-corrected chi connectivity index (χ1v) is 11.7. The minimum absolute atomic E-state index is 0.00135. The van der Waals surface area contributed by atoms with E-state index in [1.807, 2.05) is 16.9 Å². The van der Waals surface area contributed by atoms with Gasteiger partial charge in [-0.1, -0.05) is 36.4 Å². The quantitative estimate of drug-likeness (QED) is 0.276. The lowest BCUT2D eigenvalue weighted by atomic mass is 10.0. The molecule has 32 heavy (non-hydrogen) atoms. The van der Waals surface area contributed by atoms with Gasteiger partial charge in [0.05, 0.1) is 24.8 Å². The van der Waals surface area contributed by atoms with Gasteiger partial charge in [0.25, 0.3) is 5.91 Å². The lowest BCUT2D eigenvalue weighted by molar-refractivity contribution is -0.141. The van der Waals surface area contributed by atoms with Gasteiger partial charge < -0.3 is 15.1 Å². The van der Waals surface area contributed by atoms with Crippen molar-refractivity contribution in [1.82, 2.24) is 15.1 Å². The third-order valence-electron chi connectivity index (χ3n) is 5.25. The molecule has 0 saturated carbocycles. The van der Waals surface area contributed by atoms with Crippen LogP contribution >= 0.6 is 0 Å². The number of aromatic hydroxyl groups is 1. The minimum Gasteiger partial charge on any atom is -0.508 e. The highest BCUT2D eigenvalue weighted by atomic mass is 32.2. The fraction of sp³-hybridized carbons (Fsp3) is 0.333. The molecule has 0 aliphatic heterocycles. The molecule has 1 aliphatic rings. The lowest BCUT2D eigenvalue weighted by Gasteiger charge is -2.33. The largest absolute Gasteiger partial charge is 0.508 e. The van der Waals surface area contributed by atoms with Gasteiger partial charge in [-0.25, -0.2) is 18.6 Å². The molecule has 10 nitrogen and oxygen atoms in total. The van der Waals surface area contributed by atoms with Crippen LogP contribution in [0.5, 0.6) is 5.75 Å². The van der Waals surface area contributed by atoms with Crippen molar-refractivity contribution in [1.29, 1.82) is 0 Å². The number of hydrogen-bond donors (Lipinski definition) is 5. The summed E-state index contributed by atoms with van der Waals surface area (Å²) >= 11 is 0. The molecule has 2 aromatic carbocycles. The van der Waals surface area contributed by atoms with Gasteiger partial charge in [0, 0.05) is 13.0 Å². The van der Waals surface area contributed by atoms with E-state index < -0.39 is 46.4 Å². The van der Waals surface area contributed by atoms with E-state index in [0.717, 1.165) is 17.4 Å². The van der Waals surface area contributed by atoms with E-state index in [2.05, 4.69) is 0 Å². The number of nitrogens with one attached hydrogen (secondary N) is 2. The number of hydrogen-bond acceptors (Lipinski definition) is 7. The van der Waals surface area contributed by atoms with Gasteiger partial charge in [-0.2, -0.15) is 0 Å². The number of benzene rings is 2. The molecule has 5 N–H and O–H groups in total. The molecule has 1 aliphatic carbocycles. The Hall–Kier alpha value is -2.99. The first kappa shape index (κ1) is 23.7. The number of phenols is 1. The summed E-state index contributed by atoms with van der Waals surface area (Å²) in [5.41, 5.74) is 3.56. The van der Waals surface area contributed by atoms with E-state index in [1.165, 1.54) is 22.5 Å². The molecule has 172 valence electrons. The Balaban J connectivity index is 1.96. The molecule has 0 spiro atoms. The first-order valence-electron chi connectivity index (χ1n) is 9.83. The number of aliphatic hydroxyl groups is 1. The number of sulfonamides is 1. The molecule has 3 atom stereocenters. The molecule has 3 rings (SSSR count). The number of amides is 2. The molecule has 2 aromatic rings. The summed E-state index contributed by atoms with van der Waals surface area (Å²) in [6, 6.07) is 11.2. The highest BCUT2D eigenvalue weighted by Gasteiger charge is 2.39. The van der Waals surface area contributed by atoms with Crippen molar-refractivity contribution in [3.63, 3.8) is 0 Å². The summed E-state index contributed by atoms with van der Waals surface area (Å²) in [6.45, 7) is -0.00433. The molecule has 0 aromatic heterocycles. The topological polar surface area (TPSA) is 156 Å². The van der Waals surface area contributed by atoms with Crippen molar-refractivity contribution < 1.29 is 33.4 Å². The summed E-state index contributed by atoms with van der Waals surface area (Å²) in [5.74, 6) is -1.72. The number of carbonyl (C=O) groups excluding carboxylic acids is 2. The maximum Gasteiger partial charge on any atom is 0.262 e. The average molecular weight is 464 g/mol. The van der Waals surface area contributed by atoms with E-state index in [0.29, 0.717) is 12.0 Å². The van der Waals surface area contributed by atoms with E-state index in [9.17, 15) is 28.2 Å². The highest BCUT2D eigenvalue weighted by molar-refractivity contribution is 7.88. The molecule has 0 fully saturated rings. The summed E-state index contributed by atoms with van der Waals surface area (Å²) in [5, 5.41) is 29.5. The molecule has 0 unspecified atom stereocenters. The smallest absolute Gasteiger partial charge is 0.262 e. The van der Waals surface area contributed by atoms with Crippen molar-refractivity contribution in [2.75, 3.05) is 6.26 Å². The van der Waals surface area contributed by atoms with Gasteiger partial charge in [-0.05, 0) is 28.8 Å². The fourth-order valence-electron chi connectivity index (χ4n) is 3.94. The second-order valence-corrected chi connectivity index (χ2v) is 9.51. The van der Waals surface area contributed by atoms with Crippen LogP contribution in [0.4, 0.5) is 0 Å². The standard InChI is InChI=1S/C21H25N3O7S/c1-32(30,31)23-17(21(28)22-29)11-19(27)24(12-13-5-4-7-15(25)9-13)20-16-8-3-2-6-14(16)10-18(20)26/h2-9,17-18,20,23,25-26,29H,10-12H2,1H3,(H,22,28)/t17-,18+,20-/m0/s1. The van der Waals surface area contributed by atoms with Crippen LogP contribution in [0.2, 0.25) is 0 Å². The van der Waals surface area contributed by atoms with Crippen LogP contribution in [0.15, 0.2) is 48.5 Å². The van der Waals surface area contributed by atoms with Gasteiger partial charge in [-0.3, -0.25) is 14.8 Å². The van der Waals surface area contributed by atoms with Gasteiger partial charge in [0.2, 0.25) is 15.9 Å². The Morgan fingerprint density at radius 2 is 1.91 bits per heavy atom. The molecule has 0 radical (unpaired) electrons. The number of hydroxylamine groups is 1. The number of carbonyl (C=O) groups is 2. The van der Waals surface area contributed by atoms with Crippen molar-refractivity contribution >= 4 is 21.8 Å². The Morgan fingerprint density at radius 1 is 1.19 bits per heavy atom.